The van der Waals surface area contributed by atoms with Gasteiger partial charge in [0.1, 0.15) is 12.7 Å². The monoisotopic (exact) mass is 971 g/mol. The molecule has 0 aliphatic heterocycles. The van der Waals surface area contributed by atoms with Gasteiger partial charge in [-0.15, -0.1) is 0 Å². The van der Waals surface area contributed by atoms with Crippen LogP contribution >= 0.6 is 7.82 Å². The lowest BCUT2D eigenvalue weighted by molar-refractivity contribution is -0.161. The summed E-state index contributed by atoms with van der Waals surface area (Å²) < 4.78 is 39.2. The van der Waals surface area contributed by atoms with Crippen molar-refractivity contribution in [2.24, 2.45) is 0 Å². The molecule has 0 saturated heterocycles. The summed E-state index contributed by atoms with van der Waals surface area (Å²) in [6, 6.07) is 0. The van der Waals surface area contributed by atoms with Gasteiger partial charge in [-0.25, -0.2) is 4.57 Å². The van der Waals surface area contributed by atoms with E-state index in [0.29, 0.717) is 19.3 Å². The zero-order chi connectivity index (χ0) is 49.9. The van der Waals surface area contributed by atoms with Gasteiger partial charge in [-0.3, -0.25) is 23.4 Å². The first-order valence-electron chi connectivity index (χ1n) is 25.8. The number of esters is 3. The van der Waals surface area contributed by atoms with Crippen molar-refractivity contribution in [2.75, 3.05) is 26.4 Å². The molecule has 0 radical (unpaired) electrons. The number of aliphatic hydroxyl groups excluding tert-OH is 1. The summed E-state index contributed by atoms with van der Waals surface area (Å²) in [4.78, 5) is 48.2. The Balaban J connectivity index is 4.89. The molecule has 0 bridgehead atoms. The molecule has 0 saturated carbocycles. The van der Waals surface area contributed by atoms with Gasteiger partial charge in [0.2, 0.25) is 0 Å². The van der Waals surface area contributed by atoms with Crippen LogP contribution in [-0.4, -0.2) is 66.5 Å². The number of hydrogen-bond donors (Lipinski definition) is 2. The number of ether oxygens (including phenoxy) is 3. The summed E-state index contributed by atoms with van der Waals surface area (Å²) in [7, 11) is -4.77. The fourth-order valence-corrected chi connectivity index (χ4v) is 7.12. The van der Waals surface area contributed by atoms with Crippen molar-refractivity contribution in [3.63, 3.8) is 0 Å². The van der Waals surface area contributed by atoms with Crippen LogP contribution in [0, 0.1) is 0 Å². The summed E-state index contributed by atoms with van der Waals surface area (Å²) >= 11 is 0. The summed E-state index contributed by atoms with van der Waals surface area (Å²) in [5.41, 5.74) is 0. The van der Waals surface area contributed by atoms with Gasteiger partial charge in [0.25, 0.3) is 0 Å². The second-order valence-corrected chi connectivity index (χ2v) is 18.0. The Kier molecular flexibility index (Phi) is 46.7. The molecule has 2 N–H and O–H groups in total. The van der Waals surface area contributed by atoms with E-state index in [9.17, 15) is 28.9 Å². The van der Waals surface area contributed by atoms with Crippen LogP contribution < -0.4 is 0 Å². The highest BCUT2D eigenvalue weighted by Crippen LogP contribution is 2.43. The van der Waals surface area contributed by atoms with E-state index in [0.717, 1.165) is 96.3 Å². The van der Waals surface area contributed by atoms with Crippen molar-refractivity contribution >= 4 is 25.7 Å². The number of phosphoric ester groups is 1. The highest BCUT2D eigenvalue weighted by molar-refractivity contribution is 7.47. The highest BCUT2D eigenvalue weighted by Gasteiger charge is 2.28. The van der Waals surface area contributed by atoms with E-state index in [2.05, 4.69) is 118 Å². The molecule has 0 aromatic carbocycles. The smallest absolute Gasteiger partial charge is 0.462 e. The second-order valence-electron chi connectivity index (χ2n) is 16.6. The number of rotatable bonds is 46. The molecule has 386 valence electrons. The lowest BCUT2D eigenvalue weighted by Crippen LogP contribution is -2.30. The molecular weight excluding hydrogens is 880 g/mol. The van der Waals surface area contributed by atoms with E-state index in [4.69, 9.17) is 23.3 Å². The maximum absolute atomic E-state index is 12.8. The number of allylic oxidation sites excluding steroid dienone is 18. The first-order chi connectivity index (χ1) is 33.2. The van der Waals surface area contributed by atoms with Gasteiger partial charge in [0, 0.05) is 19.3 Å². The van der Waals surface area contributed by atoms with Crippen molar-refractivity contribution in [2.45, 2.75) is 200 Å². The third-order valence-electron chi connectivity index (χ3n) is 10.2. The SMILES string of the molecule is CC/C=C\C/C=C\C/C=C\C/C=C\C/C=C\C/C=C\CCC(=O)OCC(COP(=O)(O)OCC(CO)OC(=O)CCCCCCCCCCC)OC(=O)CCCCC/C=C\C/C=C\C/C=C\CC. The number of carbonyl (C=O) groups is 3. The Labute approximate surface area is 412 Å². The van der Waals surface area contributed by atoms with E-state index >= 15 is 0 Å². The van der Waals surface area contributed by atoms with Crippen LogP contribution in [0.25, 0.3) is 0 Å². The predicted octanol–water partition coefficient (Wildman–Crippen LogP) is 14.7. The van der Waals surface area contributed by atoms with Gasteiger partial charge in [-0.2, -0.15) is 0 Å². The van der Waals surface area contributed by atoms with Crippen LogP contribution in [0.1, 0.15) is 188 Å². The van der Waals surface area contributed by atoms with Gasteiger partial charge < -0.3 is 24.2 Å². The molecule has 0 aliphatic carbocycles. The van der Waals surface area contributed by atoms with Gasteiger partial charge in [0.05, 0.1) is 19.8 Å². The van der Waals surface area contributed by atoms with Crippen molar-refractivity contribution in [3.8, 4) is 0 Å². The fourth-order valence-electron chi connectivity index (χ4n) is 6.34. The Morgan fingerprint density at radius 2 is 0.794 bits per heavy atom. The lowest BCUT2D eigenvalue weighted by Gasteiger charge is -2.21. The van der Waals surface area contributed by atoms with Crippen LogP contribution in [0.3, 0.4) is 0 Å². The Morgan fingerprint density at radius 3 is 1.24 bits per heavy atom. The van der Waals surface area contributed by atoms with Gasteiger partial charge >= 0.3 is 25.7 Å². The molecule has 11 nitrogen and oxygen atoms in total. The number of phosphoric acid groups is 1. The first-order valence-corrected chi connectivity index (χ1v) is 27.3. The van der Waals surface area contributed by atoms with Crippen LogP contribution in [0.2, 0.25) is 0 Å². The molecule has 12 heteroatoms. The molecule has 0 aliphatic rings. The Bertz CT molecular complexity index is 1550. The fraction of sp³-hybridized carbons (Fsp3) is 0.625. The standard InChI is InChI=1S/C56H91O11P/c1-4-7-10-13-16-19-21-23-24-25-26-27-28-30-31-34-36-39-42-45-54(58)63-49-53(67-56(60)47-44-41-38-35-32-29-22-20-17-14-11-8-5-2)51-65-68(61,62)64-50-52(48-57)66-55(59)46-43-40-37-33-18-15-12-9-6-3/h7-8,10-11,16-17,19-20,23-24,26-27,29-32,36,39,52-53,57H,4-6,9,12-15,18,21-22,25,28,33-35,37-38,40-51H2,1-3H3,(H,61,62)/b10-7-,11-8-,19-16-,20-17-,24-23-,27-26-,31-30-,32-29-,39-36-. The zero-order valence-corrected chi connectivity index (χ0v) is 43.2. The molecule has 0 aromatic heterocycles. The molecule has 68 heavy (non-hydrogen) atoms. The minimum Gasteiger partial charge on any atom is -0.462 e. The lowest BCUT2D eigenvalue weighted by atomic mass is 10.1. The Hall–Kier alpha value is -3.86. The molecular formula is C56H91O11P. The van der Waals surface area contributed by atoms with Crippen molar-refractivity contribution in [1.82, 2.24) is 0 Å². The van der Waals surface area contributed by atoms with Crippen LogP contribution in [0.15, 0.2) is 109 Å². The predicted molar refractivity (Wildman–Crippen MR) is 279 cm³/mol. The summed E-state index contributed by atoms with van der Waals surface area (Å²) in [5.74, 6) is -1.62. The number of carbonyl (C=O) groups excluding carboxylic acids is 3. The molecule has 0 fully saturated rings. The van der Waals surface area contributed by atoms with E-state index in [1.165, 1.54) is 32.1 Å². The molecule has 0 aromatic rings. The van der Waals surface area contributed by atoms with Crippen molar-refractivity contribution in [1.29, 1.82) is 0 Å². The van der Waals surface area contributed by atoms with E-state index < -0.39 is 64.4 Å². The number of aliphatic hydroxyl groups is 1. The van der Waals surface area contributed by atoms with E-state index in [1.54, 1.807) is 0 Å². The average molecular weight is 971 g/mol. The van der Waals surface area contributed by atoms with Crippen LogP contribution in [0.4, 0.5) is 0 Å². The third kappa shape index (κ3) is 47.2. The third-order valence-corrected chi connectivity index (χ3v) is 11.2. The largest absolute Gasteiger partial charge is 0.472 e. The van der Waals surface area contributed by atoms with Crippen LogP contribution in [-0.2, 0) is 42.2 Å². The average Bonchev–Trinajstić information content (AvgIpc) is 3.32. The van der Waals surface area contributed by atoms with Crippen molar-refractivity contribution < 1.29 is 52.2 Å². The topological polar surface area (TPSA) is 155 Å². The van der Waals surface area contributed by atoms with E-state index in [1.807, 2.05) is 12.2 Å². The molecule has 0 spiro atoms. The quantitative estimate of drug-likeness (QED) is 0.0197. The summed E-state index contributed by atoms with van der Waals surface area (Å²) in [6.45, 7) is 4.23. The molecule has 3 atom stereocenters. The number of unbranched alkanes of at least 4 members (excludes halogenated alkanes) is 11. The molecule has 0 rings (SSSR count). The molecule has 3 unspecified atom stereocenters. The minimum atomic E-state index is -4.77. The molecule has 0 heterocycles. The van der Waals surface area contributed by atoms with E-state index in [-0.39, 0.29) is 19.3 Å². The van der Waals surface area contributed by atoms with Crippen LogP contribution in [0.5, 0.6) is 0 Å². The first kappa shape index (κ1) is 64.1. The maximum atomic E-state index is 12.8. The van der Waals surface area contributed by atoms with Gasteiger partial charge in [-0.05, 0) is 89.9 Å². The second kappa shape index (κ2) is 49.6. The molecule has 0 amide bonds. The zero-order valence-electron chi connectivity index (χ0n) is 42.3. The summed E-state index contributed by atoms with van der Waals surface area (Å²) in [5, 5.41) is 9.74. The Morgan fingerprint density at radius 1 is 0.426 bits per heavy atom. The summed E-state index contributed by atoms with van der Waals surface area (Å²) in [6.07, 6.45) is 58.0. The van der Waals surface area contributed by atoms with Gasteiger partial charge in [0.15, 0.2) is 6.10 Å². The maximum Gasteiger partial charge on any atom is 0.472 e. The highest BCUT2D eigenvalue weighted by atomic mass is 31.2. The minimum absolute atomic E-state index is 0.0900. The number of hydrogen-bond acceptors (Lipinski definition) is 10. The van der Waals surface area contributed by atoms with Gasteiger partial charge in [-0.1, -0.05) is 188 Å². The normalized spacial score (nSPS) is 14.4. The van der Waals surface area contributed by atoms with Crippen molar-refractivity contribution in [3.05, 3.63) is 109 Å².